The smallest absolute Gasteiger partial charge is 0.0810 e. The van der Waals surface area contributed by atoms with Crippen LogP contribution in [0.5, 0.6) is 0 Å². The first-order valence-corrected chi connectivity index (χ1v) is 3.34. The van der Waals surface area contributed by atoms with E-state index in [0.717, 1.165) is 13.0 Å². The highest BCUT2D eigenvalue weighted by Crippen LogP contribution is 2.16. The maximum Gasteiger partial charge on any atom is 0.0810 e. The zero-order valence-electron chi connectivity index (χ0n) is 5.23. The van der Waals surface area contributed by atoms with Crippen LogP contribution in [0, 0.1) is 6.92 Å². The molecule has 1 radical (unpaired) electrons. The van der Waals surface area contributed by atoms with E-state index in [-0.39, 0.29) is 0 Å². The van der Waals surface area contributed by atoms with E-state index in [1.54, 1.807) is 0 Å². The van der Waals surface area contributed by atoms with E-state index in [2.05, 4.69) is 6.92 Å². The molecule has 1 aliphatic heterocycles. The molecule has 1 aliphatic rings. The van der Waals surface area contributed by atoms with E-state index < -0.39 is 0 Å². The molecule has 1 heteroatoms. The lowest BCUT2D eigenvalue weighted by molar-refractivity contribution is 0.390. The predicted molar refractivity (Wildman–Crippen MR) is 33.6 cm³/mol. The summed E-state index contributed by atoms with van der Waals surface area (Å²) in [5.74, 6) is 0. The molecular weight excluding hydrogens is 100 g/mol. The lowest BCUT2D eigenvalue weighted by Crippen LogP contribution is -1.83. The Hall–Kier alpha value is -0.0400. The molecular formula is C7H13O. The summed E-state index contributed by atoms with van der Waals surface area (Å²) in [4.78, 5) is 0. The molecule has 1 rings (SSSR count). The molecule has 1 saturated heterocycles. The van der Waals surface area contributed by atoms with Gasteiger partial charge in [0.25, 0.3) is 0 Å². The topological polar surface area (TPSA) is 12.5 Å². The molecule has 8 heavy (non-hydrogen) atoms. The predicted octanol–water partition coefficient (Wildman–Crippen LogP) is 1.78. The Kier molecular flexibility index (Phi) is 2.34. The number of hydrogen-bond donors (Lipinski definition) is 0. The van der Waals surface area contributed by atoms with Crippen molar-refractivity contribution in [2.24, 2.45) is 0 Å². The number of epoxide rings is 1. The molecule has 0 aromatic heterocycles. The Morgan fingerprint density at radius 3 is 2.75 bits per heavy atom. The van der Waals surface area contributed by atoms with Gasteiger partial charge in [-0.05, 0) is 6.42 Å². The van der Waals surface area contributed by atoms with Crippen LogP contribution in [0.3, 0.4) is 0 Å². The van der Waals surface area contributed by atoms with Crippen LogP contribution in [-0.2, 0) is 4.74 Å². The van der Waals surface area contributed by atoms with E-state index in [1.165, 1.54) is 19.3 Å². The first kappa shape index (κ1) is 6.09. The van der Waals surface area contributed by atoms with Crippen molar-refractivity contribution in [2.45, 2.75) is 31.8 Å². The molecule has 1 nitrogen and oxygen atoms in total. The van der Waals surface area contributed by atoms with Gasteiger partial charge < -0.3 is 4.74 Å². The van der Waals surface area contributed by atoms with E-state index in [0.29, 0.717) is 6.10 Å². The highest BCUT2D eigenvalue weighted by atomic mass is 16.6. The molecule has 0 saturated carbocycles. The summed E-state index contributed by atoms with van der Waals surface area (Å²) in [6.45, 7) is 4.77. The molecule has 0 N–H and O–H groups in total. The lowest BCUT2D eigenvalue weighted by Gasteiger charge is -1.90. The fraction of sp³-hybridized carbons (Fsp3) is 0.857. The van der Waals surface area contributed by atoms with Gasteiger partial charge in [0.05, 0.1) is 12.7 Å². The van der Waals surface area contributed by atoms with Crippen LogP contribution in [0.4, 0.5) is 0 Å². The molecule has 0 aromatic rings. The minimum Gasteiger partial charge on any atom is -0.373 e. The van der Waals surface area contributed by atoms with Gasteiger partial charge in [0.15, 0.2) is 0 Å². The van der Waals surface area contributed by atoms with Crippen LogP contribution in [0.1, 0.15) is 25.7 Å². The second-order valence-corrected chi connectivity index (χ2v) is 2.30. The molecule has 1 atom stereocenters. The standard InChI is InChI=1S/C7H13O/c1-2-3-4-5-7-6-8-7/h7H,1-6H2/t7-/m1/s1. The van der Waals surface area contributed by atoms with Gasteiger partial charge in [0, 0.05) is 0 Å². The van der Waals surface area contributed by atoms with Crippen LogP contribution in [0.25, 0.3) is 0 Å². The zero-order chi connectivity index (χ0) is 5.82. The Morgan fingerprint density at radius 2 is 2.25 bits per heavy atom. The Balaban J connectivity index is 1.74. The van der Waals surface area contributed by atoms with Crippen molar-refractivity contribution in [3.05, 3.63) is 6.92 Å². The van der Waals surface area contributed by atoms with Crippen molar-refractivity contribution in [2.75, 3.05) is 6.61 Å². The first-order valence-electron chi connectivity index (χ1n) is 3.34. The van der Waals surface area contributed by atoms with Gasteiger partial charge in [-0.15, -0.1) is 0 Å². The minimum atomic E-state index is 0.626. The van der Waals surface area contributed by atoms with Crippen molar-refractivity contribution in [3.8, 4) is 0 Å². The summed E-state index contributed by atoms with van der Waals surface area (Å²) in [5.41, 5.74) is 0. The monoisotopic (exact) mass is 113 g/mol. The average Bonchev–Trinajstić information content (AvgIpc) is 2.51. The van der Waals surface area contributed by atoms with E-state index >= 15 is 0 Å². The van der Waals surface area contributed by atoms with Gasteiger partial charge in [-0.3, -0.25) is 0 Å². The number of hydrogen-bond acceptors (Lipinski definition) is 1. The van der Waals surface area contributed by atoms with Gasteiger partial charge in [-0.25, -0.2) is 0 Å². The normalized spacial score (nSPS) is 25.9. The Labute approximate surface area is 51.0 Å². The van der Waals surface area contributed by atoms with Gasteiger partial charge >= 0.3 is 0 Å². The van der Waals surface area contributed by atoms with Crippen molar-refractivity contribution in [1.29, 1.82) is 0 Å². The van der Waals surface area contributed by atoms with Crippen LogP contribution in [0.2, 0.25) is 0 Å². The van der Waals surface area contributed by atoms with Crippen molar-refractivity contribution >= 4 is 0 Å². The highest BCUT2D eigenvalue weighted by molar-refractivity contribution is 4.68. The summed E-state index contributed by atoms with van der Waals surface area (Å²) < 4.78 is 5.03. The van der Waals surface area contributed by atoms with Crippen molar-refractivity contribution < 1.29 is 4.74 Å². The minimum absolute atomic E-state index is 0.626. The second-order valence-electron chi connectivity index (χ2n) is 2.30. The lowest BCUT2D eigenvalue weighted by atomic mass is 10.2. The molecule has 47 valence electrons. The quantitative estimate of drug-likeness (QED) is 0.400. The van der Waals surface area contributed by atoms with Crippen LogP contribution in [0.15, 0.2) is 0 Å². The summed E-state index contributed by atoms with van der Waals surface area (Å²) >= 11 is 0. The number of ether oxygens (including phenoxy) is 1. The fourth-order valence-corrected chi connectivity index (χ4v) is 0.783. The Morgan fingerprint density at radius 1 is 1.50 bits per heavy atom. The van der Waals surface area contributed by atoms with E-state index in [4.69, 9.17) is 4.74 Å². The van der Waals surface area contributed by atoms with Gasteiger partial charge in [0.2, 0.25) is 0 Å². The van der Waals surface area contributed by atoms with Crippen LogP contribution >= 0.6 is 0 Å². The first-order chi connectivity index (χ1) is 3.93. The van der Waals surface area contributed by atoms with Gasteiger partial charge in [0.1, 0.15) is 0 Å². The summed E-state index contributed by atoms with van der Waals surface area (Å²) in [5, 5.41) is 0. The third-order valence-electron chi connectivity index (χ3n) is 1.43. The van der Waals surface area contributed by atoms with Crippen LogP contribution < -0.4 is 0 Å². The summed E-state index contributed by atoms with van der Waals surface area (Å²) in [7, 11) is 0. The van der Waals surface area contributed by atoms with Gasteiger partial charge in [-0.2, -0.15) is 0 Å². The summed E-state index contributed by atoms with van der Waals surface area (Å²) in [6.07, 6.45) is 5.53. The molecule has 0 aromatic carbocycles. The molecule has 1 fully saturated rings. The maximum atomic E-state index is 5.03. The van der Waals surface area contributed by atoms with Crippen LogP contribution in [-0.4, -0.2) is 12.7 Å². The largest absolute Gasteiger partial charge is 0.373 e. The summed E-state index contributed by atoms with van der Waals surface area (Å²) in [6, 6.07) is 0. The fourth-order valence-electron chi connectivity index (χ4n) is 0.783. The SMILES string of the molecule is [CH2]CCCC[C@@H]1CO1. The average molecular weight is 113 g/mol. The Bertz CT molecular complexity index is 57.4. The highest BCUT2D eigenvalue weighted by Gasteiger charge is 2.20. The molecule has 0 spiro atoms. The molecule has 0 unspecified atom stereocenters. The second kappa shape index (κ2) is 3.08. The maximum absolute atomic E-state index is 5.03. The third kappa shape index (κ3) is 2.31. The molecule has 1 heterocycles. The van der Waals surface area contributed by atoms with E-state index in [9.17, 15) is 0 Å². The molecule has 0 bridgehead atoms. The molecule has 0 aliphatic carbocycles. The van der Waals surface area contributed by atoms with Gasteiger partial charge in [-0.1, -0.05) is 26.2 Å². The van der Waals surface area contributed by atoms with Crippen molar-refractivity contribution in [3.63, 3.8) is 0 Å². The van der Waals surface area contributed by atoms with E-state index in [1.807, 2.05) is 0 Å². The zero-order valence-corrected chi connectivity index (χ0v) is 5.23. The molecule has 0 amide bonds. The third-order valence-corrected chi connectivity index (χ3v) is 1.43. The number of rotatable bonds is 4. The number of unbranched alkanes of at least 4 members (excludes halogenated alkanes) is 2. The van der Waals surface area contributed by atoms with Crippen molar-refractivity contribution in [1.82, 2.24) is 0 Å².